The highest BCUT2D eigenvalue weighted by Crippen LogP contribution is 2.22. The van der Waals surface area contributed by atoms with Crippen LogP contribution in [-0.2, 0) is 6.42 Å². The molecule has 0 fully saturated rings. The average molecular weight is 291 g/mol. The highest BCUT2D eigenvalue weighted by atomic mass is 32.2. The van der Waals surface area contributed by atoms with Crippen molar-refractivity contribution in [3.8, 4) is 11.4 Å². The van der Waals surface area contributed by atoms with Crippen molar-refractivity contribution in [3.05, 3.63) is 30.2 Å². The molecule has 2 N–H and O–H groups in total. The van der Waals surface area contributed by atoms with E-state index in [-0.39, 0.29) is 0 Å². The second-order valence-corrected chi connectivity index (χ2v) is 6.19. The molecule has 1 unspecified atom stereocenters. The predicted octanol–water partition coefficient (Wildman–Crippen LogP) is 3.38. The Labute approximate surface area is 124 Å². The summed E-state index contributed by atoms with van der Waals surface area (Å²) in [6.07, 6.45) is 1.76. The fraction of sp³-hybridized carbons (Fsp3) is 0.467. The summed E-state index contributed by atoms with van der Waals surface area (Å²) in [5.41, 5.74) is 6.60. The molecule has 1 atom stereocenters. The number of nitrogens with two attached hydrogens (primary N) is 1. The van der Waals surface area contributed by atoms with Gasteiger partial charge in [-0.15, -0.1) is 11.8 Å². The number of hydrogen-bond acceptors (Lipinski definition) is 5. The van der Waals surface area contributed by atoms with Crippen LogP contribution in [0.25, 0.3) is 11.4 Å². The van der Waals surface area contributed by atoms with Crippen LogP contribution < -0.4 is 5.73 Å². The lowest BCUT2D eigenvalue weighted by atomic mass is 10.1. The SMILES string of the molecule is CCSc1ccc(-c2noc(CCC(C)CN)n2)cc1. The molecule has 0 bridgehead atoms. The first-order valence-electron chi connectivity index (χ1n) is 6.98. The Morgan fingerprint density at radius 3 is 2.70 bits per heavy atom. The lowest BCUT2D eigenvalue weighted by molar-refractivity contribution is 0.366. The van der Waals surface area contributed by atoms with Crippen molar-refractivity contribution in [2.24, 2.45) is 11.7 Å². The maximum Gasteiger partial charge on any atom is 0.226 e. The van der Waals surface area contributed by atoms with Gasteiger partial charge >= 0.3 is 0 Å². The number of rotatable bonds is 7. The summed E-state index contributed by atoms with van der Waals surface area (Å²) in [7, 11) is 0. The largest absolute Gasteiger partial charge is 0.339 e. The highest BCUT2D eigenvalue weighted by molar-refractivity contribution is 7.99. The van der Waals surface area contributed by atoms with Crippen LogP contribution in [0.3, 0.4) is 0 Å². The summed E-state index contributed by atoms with van der Waals surface area (Å²) < 4.78 is 5.28. The van der Waals surface area contributed by atoms with Crippen molar-refractivity contribution in [2.75, 3.05) is 12.3 Å². The van der Waals surface area contributed by atoms with Gasteiger partial charge in [-0.25, -0.2) is 0 Å². The van der Waals surface area contributed by atoms with E-state index in [9.17, 15) is 0 Å². The van der Waals surface area contributed by atoms with Gasteiger partial charge in [-0.1, -0.05) is 19.0 Å². The van der Waals surface area contributed by atoms with Gasteiger partial charge in [-0.3, -0.25) is 0 Å². The van der Waals surface area contributed by atoms with Crippen LogP contribution in [0.4, 0.5) is 0 Å². The van der Waals surface area contributed by atoms with E-state index in [0.29, 0.717) is 24.2 Å². The second kappa shape index (κ2) is 7.45. The van der Waals surface area contributed by atoms with E-state index in [2.05, 4.69) is 36.1 Å². The standard InChI is InChI=1S/C15H21N3OS/c1-3-20-13-7-5-12(6-8-13)15-17-14(19-18-15)9-4-11(2)10-16/h5-8,11H,3-4,9-10,16H2,1-2H3. The first kappa shape index (κ1) is 15.1. The number of hydrogen-bond donors (Lipinski definition) is 1. The number of benzene rings is 1. The fourth-order valence-electron chi connectivity index (χ4n) is 1.83. The van der Waals surface area contributed by atoms with Gasteiger partial charge in [0, 0.05) is 16.9 Å². The van der Waals surface area contributed by atoms with Gasteiger partial charge in [0.1, 0.15) is 0 Å². The van der Waals surface area contributed by atoms with Gasteiger partial charge in [0.15, 0.2) is 0 Å². The van der Waals surface area contributed by atoms with Crippen molar-refractivity contribution >= 4 is 11.8 Å². The zero-order valence-electron chi connectivity index (χ0n) is 12.0. The minimum atomic E-state index is 0.482. The quantitative estimate of drug-likeness (QED) is 0.792. The molecule has 108 valence electrons. The lowest BCUT2D eigenvalue weighted by Gasteiger charge is -2.03. The summed E-state index contributed by atoms with van der Waals surface area (Å²) in [4.78, 5) is 5.70. The van der Waals surface area contributed by atoms with Crippen LogP contribution in [-0.4, -0.2) is 22.4 Å². The Morgan fingerprint density at radius 1 is 1.30 bits per heavy atom. The molecule has 0 radical (unpaired) electrons. The summed E-state index contributed by atoms with van der Waals surface area (Å²) >= 11 is 1.82. The Balaban J connectivity index is 2.00. The summed E-state index contributed by atoms with van der Waals surface area (Å²) in [6, 6.07) is 8.26. The Bertz CT molecular complexity index is 524. The van der Waals surface area contributed by atoms with Gasteiger partial charge in [0.2, 0.25) is 11.7 Å². The molecular weight excluding hydrogens is 270 g/mol. The van der Waals surface area contributed by atoms with Crippen LogP contribution in [0.5, 0.6) is 0 Å². The van der Waals surface area contributed by atoms with Gasteiger partial charge < -0.3 is 10.3 Å². The Hall–Kier alpha value is -1.33. The van der Waals surface area contributed by atoms with Gasteiger partial charge in [-0.05, 0) is 48.9 Å². The molecule has 0 saturated heterocycles. The number of aryl methyl sites for hydroxylation is 1. The molecular formula is C15H21N3OS. The first-order chi connectivity index (χ1) is 9.72. The highest BCUT2D eigenvalue weighted by Gasteiger charge is 2.10. The van der Waals surface area contributed by atoms with E-state index in [1.165, 1.54) is 4.90 Å². The molecule has 2 aromatic rings. The van der Waals surface area contributed by atoms with Crippen LogP contribution in [0, 0.1) is 5.92 Å². The molecule has 1 heterocycles. The average Bonchev–Trinajstić information content (AvgIpc) is 2.95. The third-order valence-corrected chi connectivity index (χ3v) is 4.04. The Kier molecular flexibility index (Phi) is 5.61. The molecule has 0 amide bonds. The van der Waals surface area contributed by atoms with Crippen molar-refractivity contribution in [1.29, 1.82) is 0 Å². The summed E-state index contributed by atoms with van der Waals surface area (Å²) in [5.74, 6) is 2.90. The minimum absolute atomic E-state index is 0.482. The minimum Gasteiger partial charge on any atom is -0.339 e. The van der Waals surface area contributed by atoms with Crippen molar-refractivity contribution in [3.63, 3.8) is 0 Å². The van der Waals surface area contributed by atoms with Crippen molar-refractivity contribution in [1.82, 2.24) is 10.1 Å². The zero-order valence-corrected chi connectivity index (χ0v) is 12.8. The molecule has 0 aliphatic carbocycles. The maximum absolute atomic E-state index is 5.60. The third-order valence-electron chi connectivity index (χ3n) is 3.14. The number of aromatic nitrogens is 2. The summed E-state index contributed by atoms with van der Waals surface area (Å²) in [6.45, 7) is 4.96. The molecule has 1 aromatic carbocycles. The zero-order chi connectivity index (χ0) is 14.4. The Morgan fingerprint density at radius 2 is 2.05 bits per heavy atom. The normalized spacial score (nSPS) is 12.6. The fourth-order valence-corrected chi connectivity index (χ4v) is 2.49. The van der Waals surface area contributed by atoms with E-state index in [4.69, 9.17) is 10.3 Å². The van der Waals surface area contributed by atoms with Crippen molar-refractivity contribution in [2.45, 2.75) is 31.6 Å². The van der Waals surface area contributed by atoms with E-state index >= 15 is 0 Å². The van der Waals surface area contributed by atoms with E-state index in [0.717, 1.165) is 24.2 Å². The van der Waals surface area contributed by atoms with Gasteiger partial charge in [0.25, 0.3) is 0 Å². The second-order valence-electron chi connectivity index (χ2n) is 4.85. The van der Waals surface area contributed by atoms with Crippen LogP contribution >= 0.6 is 11.8 Å². The molecule has 20 heavy (non-hydrogen) atoms. The smallest absolute Gasteiger partial charge is 0.226 e. The monoisotopic (exact) mass is 291 g/mol. The predicted molar refractivity (Wildman–Crippen MR) is 82.7 cm³/mol. The molecule has 0 saturated carbocycles. The first-order valence-corrected chi connectivity index (χ1v) is 7.97. The third kappa shape index (κ3) is 4.08. The molecule has 5 heteroatoms. The van der Waals surface area contributed by atoms with Crippen LogP contribution in [0.1, 0.15) is 26.2 Å². The van der Waals surface area contributed by atoms with Gasteiger partial charge in [-0.2, -0.15) is 4.98 Å². The van der Waals surface area contributed by atoms with E-state index in [1.807, 2.05) is 23.9 Å². The van der Waals surface area contributed by atoms with E-state index in [1.54, 1.807) is 0 Å². The molecule has 2 rings (SSSR count). The van der Waals surface area contributed by atoms with Crippen molar-refractivity contribution < 1.29 is 4.52 Å². The van der Waals surface area contributed by atoms with Crippen LogP contribution in [0.2, 0.25) is 0 Å². The molecule has 1 aromatic heterocycles. The summed E-state index contributed by atoms with van der Waals surface area (Å²) in [5, 5.41) is 4.04. The number of nitrogens with zero attached hydrogens (tertiary/aromatic N) is 2. The number of thioether (sulfide) groups is 1. The molecule has 4 nitrogen and oxygen atoms in total. The molecule has 0 spiro atoms. The molecule has 0 aliphatic rings. The van der Waals surface area contributed by atoms with Gasteiger partial charge in [0.05, 0.1) is 0 Å². The topological polar surface area (TPSA) is 64.9 Å². The lowest BCUT2D eigenvalue weighted by Crippen LogP contribution is -2.11. The van der Waals surface area contributed by atoms with Crippen LogP contribution in [0.15, 0.2) is 33.7 Å². The maximum atomic E-state index is 5.60. The molecule has 0 aliphatic heterocycles. The van der Waals surface area contributed by atoms with E-state index < -0.39 is 0 Å².